The largest absolute Gasteiger partial charge is 0.493 e. The minimum absolute atomic E-state index is 0.248. The molecular weight excluding hydrogens is 270 g/mol. The van der Waals surface area contributed by atoms with Gasteiger partial charge in [0.2, 0.25) is 0 Å². The van der Waals surface area contributed by atoms with Crippen LogP contribution in [0.5, 0.6) is 11.5 Å². The summed E-state index contributed by atoms with van der Waals surface area (Å²) in [6.45, 7) is 3.99. The number of nitrogens with two attached hydrogens (primary N) is 1. The van der Waals surface area contributed by atoms with E-state index >= 15 is 0 Å². The Bertz CT molecular complexity index is 372. The van der Waals surface area contributed by atoms with Gasteiger partial charge in [-0.05, 0) is 38.0 Å². The predicted octanol–water partition coefficient (Wildman–Crippen LogP) is 2.75. The molecule has 0 heterocycles. The number of methoxy groups -OCH3 is 2. The lowest BCUT2D eigenvalue weighted by atomic mass is 9.96. The van der Waals surface area contributed by atoms with E-state index in [-0.39, 0.29) is 5.54 Å². The average Bonchev–Trinajstić information content (AvgIpc) is 2.18. The maximum absolute atomic E-state index is 6.01. The second-order valence-corrected chi connectivity index (χ2v) is 5.32. The van der Waals surface area contributed by atoms with Gasteiger partial charge in [0.15, 0.2) is 11.5 Å². The monoisotopic (exact) mass is 287 g/mol. The van der Waals surface area contributed by atoms with E-state index in [0.717, 1.165) is 22.2 Å². The van der Waals surface area contributed by atoms with Crippen LogP contribution in [0.3, 0.4) is 0 Å². The van der Waals surface area contributed by atoms with Gasteiger partial charge in [-0.1, -0.05) is 15.9 Å². The number of halogens is 1. The Hall–Kier alpha value is -0.740. The van der Waals surface area contributed by atoms with Crippen molar-refractivity contribution < 1.29 is 9.47 Å². The van der Waals surface area contributed by atoms with E-state index < -0.39 is 0 Å². The maximum Gasteiger partial charge on any atom is 0.161 e. The van der Waals surface area contributed by atoms with Crippen LogP contribution in [0.25, 0.3) is 0 Å². The van der Waals surface area contributed by atoms with E-state index in [4.69, 9.17) is 15.2 Å². The van der Waals surface area contributed by atoms with Gasteiger partial charge >= 0.3 is 0 Å². The van der Waals surface area contributed by atoms with Crippen LogP contribution in [0.15, 0.2) is 16.6 Å². The van der Waals surface area contributed by atoms with Gasteiger partial charge in [-0.25, -0.2) is 0 Å². The lowest BCUT2D eigenvalue weighted by Gasteiger charge is -2.20. The Kier molecular flexibility index (Phi) is 4.21. The van der Waals surface area contributed by atoms with Gasteiger partial charge in [0.1, 0.15) is 0 Å². The Morgan fingerprint density at radius 1 is 1.19 bits per heavy atom. The summed E-state index contributed by atoms with van der Waals surface area (Å²) < 4.78 is 11.5. The van der Waals surface area contributed by atoms with Crippen molar-refractivity contribution in [3.8, 4) is 11.5 Å². The van der Waals surface area contributed by atoms with Crippen LogP contribution < -0.4 is 15.2 Å². The van der Waals surface area contributed by atoms with Crippen molar-refractivity contribution in [1.29, 1.82) is 0 Å². The van der Waals surface area contributed by atoms with Crippen LogP contribution in [0, 0.1) is 0 Å². The van der Waals surface area contributed by atoms with Crippen LogP contribution in [0.4, 0.5) is 0 Å². The zero-order chi connectivity index (χ0) is 12.3. The fourth-order valence-electron chi connectivity index (χ4n) is 1.52. The smallest absolute Gasteiger partial charge is 0.161 e. The van der Waals surface area contributed by atoms with Gasteiger partial charge in [0.05, 0.1) is 14.2 Å². The minimum Gasteiger partial charge on any atom is -0.493 e. The predicted molar refractivity (Wildman–Crippen MR) is 69.2 cm³/mol. The van der Waals surface area contributed by atoms with E-state index in [1.165, 1.54) is 0 Å². The molecule has 0 aliphatic rings. The third kappa shape index (κ3) is 3.39. The first-order valence-electron chi connectivity index (χ1n) is 5.06. The highest BCUT2D eigenvalue weighted by Crippen LogP contribution is 2.34. The second kappa shape index (κ2) is 5.06. The third-order valence-corrected chi connectivity index (χ3v) is 2.94. The quantitative estimate of drug-likeness (QED) is 0.926. The van der Waals surface area contributed by atoms with E-state index in [0.29, 0.717) is 5.75 Å². The lowest BCUT2D eigenvalue weighted by molar-refractivity contribution is 0.353. The molecule has 3 nitrogen and oxygen atoms in total. The first kappa shape index (κ1) is 13.3. The highest BCUT2D eigenvalue weighted by Gasteiger charge is 2.16. The standard InChI is InChI=1S/C12H18BrNO2/c1-12(2,14)7-8-5-10(15-3)11(16-4)6-9(8)13/h5-6H,7,14H2,1-4H3. The average molecular weight is 288 g/mol. The van der Waals surface area contributed by atoms with Crippen molar-refractivity contribution in [2.75, 3.05) is 14.2 Å². The van der Waals surface area contributed by atoms with Gasteiger partial charge in [0.25, 0.3) is 0 Å². The summed E-state index contributed by atoms with van der Waals surface area (Å²) in [4.78, 5) is 0. The van der Waals surface area contributed by atoms with Gasteiger partial charge in [-0.3, -0.25) is 0 Å². The molecule has 90 valence electrons. The van der Waals surface area contributed by atoms with Gasteiger partial charge in [-0.15, -0.1) is 0 Å². The fraction of sp³-hybridized carbons (Fsp3) is 0.500. The third-order valence-electron chi connectivity index (χ3n) is 2.20. The Morgan fingerprint density at radius 2 is 1.69 bits per heavy atom. The SMILES string of the molecule is COc1cc(Br)c(CC(C)(C)N)cc1OC. The van der Waals surface area contributed by atoms with Crippen molar-refractivity contribution in [3.05, 3.63) is 22.2 Å². The molecular formula is C12H18BrNO2. The van der Waals surface area contributed by atoms with Crippen molar-refractivity contribution in [1.82, 2.24) is 0 Å². The lowest BCUT2D eigenvalue weighted by Crippen LogP contribution is -2.34. The Labute approximate surface area is 105 Å². The molecule has 4 heteroatoms. The van der Waals surface area contributed by atoms with Gasteiger partial charge in [-0.2, -0.15) is 0 Å². The molecule has 0 fully saturated rings. The van der Waals surface area contributed by atoms with Crippen LogP contribution in [-0.4, -0.2) is 19.8 Å². The molecule has 0 unspecified atom stereocenters. The number of ether oxygens (including phenoxy) is 2. The first-order chi connectivity index (χ1) is 7.37. The van der Waals surface area contributed by atoms with E-state index in [1.807, 2.05) is 26.0 Å². The molecule has 0 saturated carbocycles. The molecule has 0 saturated heterocycles. The topological polar surface area (TPSA) is 44.5 Å². The van der Waals surface area contributed by atoms with Crippen molar-refractivity contribution in [3.63, 3.8) is 0 Å². The van der Waals surface area contributed by atoms with Crippen LogP contribution in [0.1, 0.15) is 19.4 Å². The number of rotatable bonds is 4. The molecule has 0 amide bonds. The molecule has 0 bridgehead atoms. The van der Waals surface area contributed by atoms with E-state index in [9.17, 15) is 0 Å². The summed E-state index contributed by atoms with van der Waals surface area (Å²) >= 11 is 3.51. The molecule has 0 spiro atoms. The minimum atomic E-state index is -0.248. The highest BCUT2D eigenvalue weighted by molar-refractivity contribution is 9.10. The molecule has 2 N–H and O–H groups in total. The molecule has 1 aromatic carbocycles. The van der Waals surface area contributed by atoms with Crippen LogP contribution in [0.2, 0.25) is 0 Å². The maximum atomic E-state index is 6.01. The molecule has 0 aliphatic heterocycles. The Balaban J connectivity index is 3.11. The van der Waals surface area contributed by atoms with Crippen molar-refractivity contribution >= 4 is 15.9 Å². The first-order valence-corrected chi connectivity index (χ1v) is 5.86. The zero-order valence-corrected chi connectivity index (χ0v) is 11.7. The molecule has 0 radical (unpaired) electrons. The number of hydrogen-bond acceptors (Lipinski definition) is 3. The normalized spacial score (nSPS) is 11.4. The van der Waals surface area contributed by atoms with Crippen molar-refractivity contribution in [2.45, 2.75) is 25.8 Å². The summed E-state index contributed by atoms with van der Waals surface area (Å²) in [7, 11) is 3.25. The summed E-state index contributed by atoms with van der Waals surface area (Å²) in [6.07, 6.45) is 0.772. The molecule has 1 aromatic rings. The summed E-state index contributed by atoms with van der Waals surface area (Å²) in [5.41, 5.74) is 6.87. The van der Waals surface area contributed by atoms with Crippen molar-refractivity contribution in [2.24, 2.45) is 5.73 Å². The van der Waals surface area contributed by atoms with E-state index in [1.54, 1.807) is 14.2 Å². The molecule has 0 aliphatic carbocycles. The fourth-order valence-corrected chi connectivity index (χ4v) is 1.99. The summed E-state index contributed by atoms with van der Waals surface area (Å²) in [5.74, 6) is 1.44. The highest BCUT2D eigenvalue weighted by atomic mass is 79.9. The molecule has 1 rings (SSSR count). The molecule has 16 heavy (non-hydrogen) atoms. The zero-order valence-electron chi connectivity index (χ0n) is 10.1. The summed E-state index contributed by atoms with van der Waals surface area (Å²) in [6, 6.07) is 3.86. The van der Waals surface area contributed by atoms with Gasteiger partial charge < -0.3 is 15.2 Å². The Morgan fingerprint density at radius 3 is 2.12 bits per heavy atom. The van der Waals surface area contributed by atoms with E-state index in [2.05, 4.69) is 15.9 Å². The number of benzene rings is 1. The molecule has 0 atom stereocenters. The second-order valence-electron chi connectivity index (χ2n) is 4.46. The number of hydrogen-bond donors (Lipinski definition) is 1. The van der Waals surface area contributed by atoms with Crippen LogP contribution >= 0.6 is 15.9 Å². The summed E-state index contributed by atoms with van der Waals surface area (Å²) in [5, 5.41) is 0. The van der Waals surface area contributed by atoms with Gasteiger partial charge in [0, 0.05) is 10.0 Å². The molecule has 0 aromatic heterocycles. The van der Waals surface area contributed by atoms with Crippen LogP contribution in [-0.2, 0) is 6.42 Å².